The molecule has 0 aromatic heterocycles. The number of rotatable bonds is 10. The van der Waals surface area contributed by atoms with Crippen molar-refractivity contribution in [2.24, 2.45) is 17.8 Å². The molecule has 7 atom stereocenters. The first-order valence-corrected chi connectivity index (χ1v) is 13.9. The van der Waals surface area contributed by atoms with Crippen LogP contribution in [0.4, 0.5) is 5.69 Å². The van der Waals surface area contributed by atoms with Crippen LogP contribution < -0.4 is 9.64 Å². The Hall–Kier alpha value is -2.04. The number of hydrogen-bond donors (Lipinski definition) is 2. The minimum atomic E-state index is -1.02. The zero-order chi connectivity index (χ0) is 26.4. The Morgan fingerprint density at radius 1 is 1.36 bits per heavy atom. The number of likely N-dealkylation sites (tertiary alicyclic amines) is 1. The molecule has 8 nitrogen and oxygen atoms in total. The van der Waals surface area contributed by atoms with Crippen LogP contribution in [0.2, 0.25) is 0 Å². The number of hydrogen-bond acceptors (Lipinski definition) is 6. The van der Waals surface area contributed by atoms with Crippen LogP contribution in [0.1, 0.15) is 26.7 Å². The summed E-state index contributed by atoms with van der Waals surface area (Å²) in [6.45, 7) is 7.73. The summed E-state index contributed by atoms with van der Waals surface area (Å²) in [6, 6.07) is 5.58. The molecule has 3 saturated heterocycles. The molecule has 3 aliphatic rings. The number of aliphatic hydroxyl groups is 1. The zero-order valence-corrected chi connectivity index (χ0v) is 23.1. The van der Waals surface area contributed by atoms with Crippen LogP contribution in [-0.2, 0) is 14.4 Å². The van der Waals surface area contributed by atoms with Gasteiger partial charge in [-0.2, -0.15) is 0 Å². The second-order valence-corrected chi connectivity index (χ2v) is 12.9. The summed E-state index contributed by atoms with van der Waals surface area (Å²) in [5.41, 5.74) is 0.625. The number of carboxylic acid groups (broad SMARTS) is 1. The lowest BCUT2D eigenvalue weighted by molar-refractivity contribution is -0.149. The van der Waals surface area contributed by atoms with Crippen molar-refractivity contribution in [1.29, 1.82) is 0 Å². The monoisotopic (exact) mass is 580 g/mol. The molecule has 3 unspecified atom stereocenters. The number of anilines is 1. The summed E-state index contributed by atoms with van der Waals surface area (Å²) in [6.07, 6.45) is 2.63. The first-order chi connectivity index (χ1) is 17.1. The number of halogens is 1. The Bertz CT molecular complexity index is 1040. The molecular weight excluding hydrogens is 548 g/mol. The van der Waals surface area contributed by atoms with E-state index in [2.05, 4.69) is 22.5 Å². The Kier molecular flexibility index (Phi) is 7.78. The number of alkyl halides is 1. The molecule has 2 N–H and O–H groups in total. The van der Waals surface area contributed by atoms with Gasteiger partial charge in [-0.25, -0.2) is 0 Å². The van der Waals surface area contributed by atoms with Gasteiger partial charge in [0.2, 0.25) is 5.91 Å². The van der Waals surface area contributed by atoms with Crippen LogP contribution in [-0.4, -0.2) is 80.1 Å². The number of carbonyl (C=O) groups is 3. The third kappa shape index (κ3) is 4.24. The van der Waals surface area contributed by atoms with E-state index < -0.39 is 34.6 Å². The van der Waals surface area contributed by atoms with Gasteiger partial charge in [0.1, 0.15) is 11.8 Å². The molecule has 1 aromatic rings. The van der Waals surface area contributed by atoms with E-state index in [4.69, 9.17) is 4.74 Å². The molecule has 0 saturated carbocycles. The number of carboxylic acids is 1. The van der Waals surface area contributed by atoms with E-state index in [-0.39, 0.29) is 41.0 Å². The highest BCUT2D eigenvalue weighted by Crippen LogP contribution is 2.68. The van der Waals surface area contributed by atoms with Gasteiger partial charge in [-0.3, -0.25) is 14.4 Å². The van der Waals surface area contributed by atoms with Crippen molar-refractivity contribution in [3.05, 3.63) is 36.9 Å². The van der Waals surface area contributed by atoms with Gasteiger partial charge in [0.15, 0.2) is 0 Å². The van der Waals surface area contributed by atoms with E-state index in [1.165, 1.54) is 16.7 Å². The second-order valence-electron chi connectivity index (χ2n) is 10.1. The van der Waals surface area contributed by atoms with Crippen molar-refractivity contribution in [1.82, 2.24) is 4.90 Å². The fraction of sp³-hybridized carbons (Fsp3) is 0.577. The molecule has 3 fully saturated rings. The maximum atomic E-state index is 14.5. The Balaban J connectivity index is 1.83. The van der Waals surface area contributed by atoms with Gasteiger partial charge < -0.3 is 24.7 Å². The number of aliphatic carboxylic acids is 1. The molecule has 3 heterocycles. The van der Waals surface area contributed by atoms with E-state index in [1.807, 2.05) is 13.8 Å². The van der Waals surface area contributed by atoms with Gasteiger partial charge >= 0.3 is 5.97 Å². The first-order valence-electron chi connectivity index (χ1n) is 12.1. The van der Waals surface area contributed by atoms with Crippen LogP contribution in [0.25, 0.3) is 0 Å². The van der Waals surface area contributed by atoms with E-state index in [0.717, 1.165) is 0 Å². The van der Waals surface area contributed by atoms with Crippen molar-refractivity contribution in [3.63, 3.8) is 0 Å². The van der Waals surface area contributed by atoms with E-state index >= 15 is 0 Å². The van der Waals surface area contributed by atoms with Gasteiger partial charge in [0.25, 0.3) is 5.91 Å². The van der Waals surface area contributed by atoms with Crippen molar-refractivity contribution in [3.8, 4) is 5.75 Å². The summed E-state index contributed by atoms with van der Waals surface area (Å²) >= 11 is 5.11. The molecule has 2 amide bonds. The summed E-state index contributed by atoms with van der Waals surface area (Å²) in [5, 5.41) is 20.2. The number of nitrogens with zero attached hydrogens (tertiary/aromatic N) is 2. The van der Waals surface area contributed by atoms with Gasteiger partial charge in [0.05, 0.1) is 36.3 Å². The number of methoxy groups -OCH3 is 1. The van der Waals surface area contributed by atoms with Crippen LogP contribution in [0.15, 0.2) is 36.9 Å². The molecule has 0 aliphatic carbocycles. The maximum Gasteiger partial charge on any atom is 0.308 e. The van der Waals surface area contributed by atoms with Crippen molar-refractivity contribution < 1.29 is 29.3 Å². The molecule has 36 heavy (non-hydrogen) atoms. The van der Waals surface area contributed by atoms with Crippen LogP contribution in [0.3, 0.4) is 0 Å². The molecule has 1 aromatic carbocycles. The molecule has 0 radical (unpaired) electrons. The third-order valence-corrected chi connectivity index (χ3v) is 10.8. The number of thioether (sulfide) groups is 1. The largest absolute Gasteiger partial charge is 0.497 e. The highest BCUT2D eigenvalue weighted by molar-refractivity contribution is 9.09. The van der Waals surface area contributed by atoms with Gasteiger partial charge in [-0.1, -0.05) is 35.9 Å². The Morgan fingerprint density at radius 3 is 2.56 bits per heavy atom. The fourth-order valence-corrected chi connectivity index (χ4v) is 9.79. The molecule has 4 rings (SSSR count). The smallest absolute Gasteiger partial charge is 0.308 e. The minimum Gasteiger partial charge on any atom is -0.497 e. The summed E-state index contributed by atoms with van der Waals surface area (Å²) in [5.74, 6) is -2.57. The third-order valence-electron chi connectivity index (χ3n) is 7.56. The lowest BCUT2D eigenvalue weighted by Crippen LogP contribution is -2.58. The van der Waals surface area contributed by atoms with Crippen molar-refractivity contribution in [2.45, 2.75) is 53.6 Å². The fourth-order valence-electron chi connectivity index (χ4n) is 6.20. The summed E-state index contributed by atoms with van der Waals surface area (Å²) in [7, 11) is 1.57. The van der Waals surface area contributed by atoms with E-state index in [9.17, 15) is 24.6 Å². The molecular formula is C26H33BrN2O6S. The van der Waals surface area contributed by atoms with Gasteiger partial charge in [-0.05, 0) is 43.0 Å². The van der Waals surface area contributed by atoms with E-state index in [0.29, 0.717) is 24.3 Å². The standard InChI is InChI=1S/C26H33BrN2O6S/c1-5-10-28(15-6-8-17(35-4)9-7-15)24(32)22-26-12-18(27)21(36-26)19(25(33)34)20(26)23(31)29(22)16(13-30)11-14(2)3/h5-9,14,16,18-22,30H,1,10-13H2,2-4H3,(H,33,34)/t16-,18?,19+,20+,21+,22?,26?/m1/s1. The Labute approximate surface area is 224 Å². The predicted octanol–water partition coefficient (Wildman–Crippen LogP) is 3.17. The molecule has 10 heteroatoms. The summed E-state index contributed by atoms with van der Waals surface area (Å²) < 4.78 is 4.36. The highest BCUT2D eigenvalue weighted by Gasteiger charge is 2.76. The quantitative estimate of drug-likeness (QED) is 0.323. The average molecular weight is 582 g/mol. The number of amides is 2. The molecule has 1 spiro atoms. The number of fused-ring (bicyclic) bond motifs is 1. The van der Waals surface area contributed by atoms with Gasteiger partial charge in [-0.15, -0.1) is 18.3 Å². The Morgan fingerprint density at radius 2 is 2.03 bits per heavy atom. The lowest BCUT2D eigenvalue weighted by Gasteiger charge is -2.40. The van der Waals surface area contributed by atoms with Gasteiger partial charge in [0, 0.05) is 22.3 Å². The lowest BCUT2D eigenvalue weighted by atomic mass is 9.71. The molecule has 3 aliphatic heterocycles. The van der Waals surface area contributed by atoms with Crippen LogP contribution in [0.5, 0.6) is 5.75 Å². The second kappa shape index (κ2) is 10.4. The SMILES string of the molecule is C=CCN(C(=O)C1N([C@@H](CO)CC(C)C)C(=O)[C@@H]2[C@H](C(=O)O)[C@H]3SC12CC3Br)c1ccc(OC)cc1. The number of ether oxygens (including phenoxy) is 1. The molecule has 2 bridgehead atoms. The maximum absolute atomic E-state index is 14.5. The van der Waals surface area contributed by atoms with Crippen molar-refractivity contribution in [2.75, 3.05) is 25.2 Å². The van der Waals surface area contributed by atoms with Crippen molar-refractivity contribution >= 4 is 51.2 Å². The average Bonchev–Trinajstić information content (AvgIpc) is 3.44. The molecule has 196 valence electrons. The van der Waals surface area contributed by atoms with Crippen LogP contribution >= 0.6 is 27.7 Å². The zero-order valence-electron chi connectivity index (χ0n) is 20.7. The van der Waals surface area contributed by atoms with E-state index in [1.54, 1.807) is 42.4 Å². The first kappa shape index (κ1) is 27.0. The normalized spacial score (nSPS) is 31.4. The topological polar surface area (TPSA) is 107 Å². The van der Waals surface area contributed by atoms with Crippen LogP contribution in [0, 0.1) is 17.8 Å². The summed E-state index contributed by atoms with van der Waals surface area (Å²) in [4.78, 5) is 43.8. The number of benzene rings is 1. The number of carbonyl (C=O) groups excluding carboxylic acids is 2. The highest BCUT2D eigenvalue weighted by atomic mass is 79.9. The minimum absolute atomic E-state index is 0.130. The predicted molar refractivity (Wildman–Crippen MR) is 143 cm³/mol. The number of aliphatic hydroxyl groups excluding tert-OH is 1.